The van der Waals surface area contributed by atoms with Crippen LogP contribution in [0, 0.1) is 0 Å². The highest BCUT2D eigenvalue weighted by molar-refractivity contribution is 5.66. The Morgan fingerprint density at radius 2 is 1.43 bits per heavy atom. The van der Waals surface area contributed by atoms with Crippen LogP contribution < -0.4 is 0 Å². The Bertz CT molecular complexity index is 629. The van der Waals surface area contributed by atoms with Gasteiger partial charge in [-0.2, -0.15) is 0 Å². The van der Waals surface area contributed by atoms with Crippen LogP contribution in [-0.4, -0.2) is 6.17 Å². The molecule has 3 rings (SSSR count). The summed E-state index contributed by atoms with van der Waals surface area (Å²) in [6.45, 7) is 2.15. The average molecular weight is 308 g/mol. The Morgan fingerprint density at radius 3 is 2.00 bits per heavy atom. The number of halogens is 1. The van der Waals surface area contributed by atoms with E-state index in [4.69, 9.17) is 0 Å². The predicted molar refractivity (Wildman–Crippen MR) is 97.3 cm³/mol. The summed E-state index contributed by atoms with van der Waals surface area (Å²) < 4.78 is 13.3. The van der Waals surface area contributed by atoms with E-state index in [2.05, 4.69) is 67.6 Å². The summed E-state index contributed by atoms with van der Waals surface area (Å²) in [5.74, 6) is 0.539. The predicted octanol–water partition coefficient (Wildman–Crippen LogP) is 6.77. The molecule has 2 aromatic carbocycles. The first-order valence-electron chi connectivity index (χ1n) is 8.77. The van der Waals surface area contributed by atoms with Crippen molar-refractivity contribution in [2.75, 3.05) is 0 Å². The minimum Gasteiger partial charge on any atom is -0.247 e. The standard InChI is InChI=1S/C22H25F/c1-2-3-4-17-5-7-18(8-6-17)19-9-11-20(12-10-19)21-13-15-22(23)16-14-21/h3-12,21-22H,2,13-16H2,1H3. The number of allylic oxidation sites excluding steroid dienone is 1. The van der Waals surface area contributed by atoms with Crippen LogP contribution >= 0.6 is 0 Å². The second-order valence-electron chi connectivity index (χ2n) is 6.50. The molecule has 0 spiro atoms. The summed E-state index contributed by atoms with van der Waals surface area (Å²) in [5.41, 5.74) is 5.11. The highest BCUT2D eigenvalue weighted by Gasteiger charge is 2.21. The van der Waals surface area contributed by atoms with Crippen LogP contribution in [0.5, 0.6) is 0 Å². The van der Waals surface area contributed by atoms with E-state index in [1.807, 2.05) is 0 Å². The molecule has 23 heavy (non-hydrogen) atoms. The summed E-state index contributed by atoms with van der Waals surface area (Å²) in [4.78, 5) is 0. The molecule has 2 aromatic rings. The van der Waals surface area contributed by atoms with E-state index in [1.165, 1.54) is 22.3 Å². The molecule has 0 atom stereocenters. The van der Waals surface area contributed by atoms with Gasteiger partial charge in [0.2, 0.25) is 0 Å². The number of benzene rings is 2. The van der Waals surface area contributed by atoms with Gasteiger partial charge in [0.05, 0.1) is 0 Å². The summed E-state index contributed by atoms with van der Waals surface area (Å²) in [6.07, 6.45) is 8.24. The van der Waals surface area contributed by atoms with E-state index >= 15 is 0 Å². The first-order chi connectivity index (χ1) is 11.3. The van der Waals surface area contributed by atoms with Gasteiger partial charge in [0.1, 0.15) is 6.17 Å². The van der Waals surface area contributed by atoms with Gasteiger partial charge in [-0.3, -0.25) is 0 Å². The lowest BCUT2D eigenvalue weighted by Crippen LogP contribution is -2.13. The first-order valence-corrected chi connectivity index (χ1v) is 8.77. The average Bonchev–Trinajstić information content (AvgIpc) is 2.61. The lowest BCUT2D eigenvalue weighted by atomic mass is 9.83. The van der Waals surface area contributed by atoms with Gasteiger partial charge in [-0.1, -0.05) is 67.6 Å². The maximum Gasteiger partial charge on any atom is 0.100 e. The van der Waals surface area contributed by atoms with Gasteiger partial charge in [-0.25, -0.2) is 4.39 Å². The molecular formula is C22H25F. The fourth-order valence-corrected chi connectivity index (χ4v) is 3.37. The molecule has 1 aliphatic rings. The Hall–Kier alpha value is -1.89. The van der Waals surface area contributed by atoms with E-state index in [0.29, 0.717) is 5.92 Å². The van der Waals surface area contributed by atoms with Crippen molar-refractivity contribution in [3.63, 3.8) is 0 Å². The van der Waals surface area contributed by atoms with Crippen LogP contribution in [0.1, 0.15) is 56.1 Å². The minimum absolute atomic E-state index is 0.539. The van der Waals surface area contributed by atoms with Crippen molar-refractivity contribution < 1.29 is 4.39 Å². The Labute approximate surface area is 139 Å². The molecule has 120 valence electrons. The van der Waals surface area contributed by atoms with E-state index < -0.39 is 6.17 Å². The van der Waals surface area contributed by atoms with E-state index in [-0.39, 0.29) is 0 Å². The van der Waals surface area contributed by atoms with Crippen molar-refractivity contribution >= 4 is 6.08 Å². The molecule has 0 aromatic heterocycles. The SMILES string of the molecule is CCC=Cc1ccc(-c2ccc(C3CCC(F)CC3)cc2)cc1. The highest BCUT2D eigenvalue weighted by Crippen LogP contribution is 2.34. The van der Waals surface area contributed by atoms with Crippen molar-refractivity contribution in [1.29, 1.82) is 0 Å². The van der Waals surface area contributed by atoms with Crippen LogP contribution in [0.3, 0.4) is 0 Å². The van der Waals surface area contributed by atoms with E-state index in [9.17, 15) is 4.39 Å². The second kappa shape index (κ2) is 7.59. The van der Waals surface area contributed by atoms with Crippen molar-refractivity contribution in [3.8, 4) is 11.1 Å². The number of hydrogen-bond acceptors (Lipinski definition) is 0. The number of hydrogen-bond donors (Lipinski definition) is 0. The maximum atomic E-state index is 13.3. The fourth-order valence-electron chi connectivity index (χ4n) is 3.37. The molecule has 0 saturated heterocycles. The third-order valence-corrected chi connectivity index (χ3v) is 4.83. The Kier molecular flexibility index (Phi) is 5.27. The fraction of sp³-hybridized carbons (Fsp3) is 0.364. The monoisotopic (exact) mass is 308 g/mol. The van der Waals surface area contributed by atoms with Crippen molar-refractivity contribution in [1.82, 2.24) is 0 Å². The minimum atomic E-state index is -0.578. The molecule has 0 heterocycles. The smallest absolute Gasteiger partial charge is 0.100 e. The second-order valence-corrected chi connectivity index (χ2v) is 6.50. The number of rotatable bonds is 4. The lowest BCUT2D eigenvalue weighted by Gasteiger charge is -2.24. The molecule has 0 unspecified atom stereocenters. The van der Waals surface area contributed by atoms with Gasteiger partial charge in [-0.05, 0) is 60.3 Å². The first kappa shape index (κ1) is 16.0. The Morgan fingerprint density at radius 1 is 0.870 bits per heavy atom. The molecule has 1 saturated carbocycles. The Balaban J connectivity index is 1.70. The van der Waals surface area contributed by atoms with Crippen molar-refractivity contribution in [3.05, 3.63) is 65.7 Å². The third kappa shape index (κ3) is 4.10. The summed E-state index contributed by atoms with van der Waals surface area (Å²) in [7, 11) is 0. The van der Waals surface area contributed by atoms with Gasteiger partial charge in [-0.15, -0.1) is 0 Å². The number of alkyl halides is 1. The molecular weight excluding hydrogens is 283 g/mol. The summed E-state index contributed by atoms with van der Waals surface area (Å²) in [5, 5.41) is 0. The molecule has 0 nitrogen and oxygen atoms in total. The van der Waals surface area contributed by atoms with E-state index in [0.717, 1.165) is 32.1 Å². The van der Waals surface area contributed by atoms with Crippen LogP contribution in [0.4, 0.5) is 4.39 Å². The van der Waals surface area contributed by atoms with Gasteiger partial charge < -0.3 is 0 Å². The van der Waals surface area contributed by atoms with E-state index in [1.54, 1.807) is 0 Å². The normalized spacial score (nSPS) is 21.7. The largest absolute Gasteiger partial charge is 0.247 e. The molecule has 0 amide bonds. The van der Waals surface area contributed by atoms with Gasteiger partial charge in [0.15, 0.2) is 0 Å². The lowest BCUT2D eigenvalue weighted by molar-refractivity contribution is 0.235. The molecule has 1 heteroatoms. The summed E-state index contributed by atoms with van der Waals surface area (Å²) >= 11 is 0. The van der Waals surface area contributed by atoms with Crippen LogP contribution in [0.25, 0.3) is 17.2 Å². The maximum absolute atomic E-state index is 13.3. The van der Waals surface area contributed by atoms with Crippen LogP contribution in [-0.2, 0) is 0 Å². The molecule has 0 aliphatic heterocycles. The zero-order valence-corrected chi connectivity index (χ0v) is 13.8. The molecule has 0 bridgehead atoms. The van der Waals surface area contributed by atoms with Gasteiger partial charge in [0.25, 0.3) is 0 Å². The third-order valence-electron chi connectivity index (χ3n) is 4.83. The zero-order valence-electron chi connectivity index (χ0n) is 13.8. The van der Waals surface area contributed by atoms with Crippen LogP contribution in [0.15, 0.2) is 54.6 Å². The molecule has 1 aliphatic carbocycles. The summed E-state index contributed by atoms with van der Waals surface area (Å²) in [6, 6.07) is 17.5. The quantitative estimate of drug-likeness (QED) is 0.584. The highest BCUT2D eigenvalue weighted by atomic mass is 19.1. The topological polar surface area (TPSA) is 0 Å². The van der Waals surface area contributed by atoms with Crippen LogP contribution in [0.2, 0.25) is 0 Å². The molecule has 0 N–H and O–H groups in total. The van der Waals surface area contributed by atoms with Crippen molar-refractivity contribution in [2.24, 2.45) is 0 Å². The molecule has 0 radical (unpaired) electrons. The zero-order chi connectivity index (χ0) is 16.1. The van der Waals surface area contributed by atoms with Gasteiger partial charge >= 0.3 is 0 Å². The van der Waals surface area contributed by atoms with Crippen molar-refractivity contribution in [2.45, 2.75) is 51.1 Å². The van der Waals surface area contributed by atoms with Gasteiger partial charge in [0, 0.05) is 0 Å². The molecule has 1 fully saturated rings.